The minimum absolute atomic E-state index is 0.117. The van der Waals surface area contributed by atoms with Gasteiger partial charge in [0.05, 0.1) is 0 Å². The van der Waals surface area contributed by atoms with Gasteiger partial charge in [-0.05, 0) is 56.8 Å². The zero-order chi connectivity index (χ0) is 15.6. The van der Waals surface area contributed by atoms with Gasteiger partial charge in [-0.2, -0.15) is 0 Å². The van der Waals surface area contributed by atoms with Crippen LogP contribution < -0.4 is 0 Å². The molecule has 1 nitrogen and oxygen atoms in total. The molecule has 0 aliphatic heterocycles. The molecule has 0 amide bonds. The van der Waals surface area contributed by atoms with E-state index in [0.29, 0.717) is 11.7 Å². The van der Waals surface area contributed by atoms with Gasteiger partial charge in [-0.3, -0.25) is 4.79 Å². The molecule has 2 aliphatic rings. The van der Waals surface area contributed by atoms with E-state index in [1.165, 1.54) is 18.4 Å². The number of fused-ring (bicyclic) bond motifs is 1. The third kappa shape index (κ3) is 3.67. The third-order valence-electron chi connectivity index (χ3n) is 5.74. The molecule has 118 valence electrons. The molecule has 0 saturated heterocycles. The number of rotatable bonds is 1. The lowest BCUT2D eigenvalue weighted by molar-refractivity contribution is -0.124. The molecule has 0 N–H and O–H groups in total. The van der Waals surface area contributed by atoms with E-state index in [2.05, 4.69) is 40.7 Å². The molecular weight excluding hydrogens is 256 g/mol. The Morgan fingerprint density at radius 3 is 2.67 bits per heavy atom. The lowest BCUT2D eigenvalue weighted by Crippen LogP contribution is -2.24. The molecule has 0 aromatic heterocycles. The summed E-state index contributed by atoms with van der Waals surface area (Å²) in [5.74, 6) is 1.34. The van der Waals surface area contributed by atoms with Crippen LogP contribution in [0.4, 0.5) is 0 Å². The standard InChI is InChI=1S/C20H32O/c1-14(2)17-11-12-20(5)13-19(21)16(4)8-6-7-15(3)9-10-18(17)20/h9,14,16H,6-8,10-13H2,1-5H3/b15-9+/t16-,20+/m1/s1. The van der Waals surface area contributed by atoms with Crippen molar-refractivity contribution in [1.82, 2.24) is 0 Å². The van der Waals surface area contributed by atoms with E-state index in [0.717, 1.165) is 32.1 Å². The van der Waals surface area contributed by atoms with Crippen LogP contribution >= 0.6 is 0 Å². The zero-order valence-electron chi connectivity index (χ0n) is 14.6. The van der Waals surface area contributed by atoms with Crippen LogP contribution in [0.3, 0.4) is 0 Å². The van der Waals surface area contributed by atoms with Crippen LogP contribution in [0, 0.1) is 17.3 Å². The van der Waals surface area contributed by atoms with Crippen molar-refractivity contribution in [1.29, 1.82) is 0 Å². The number of Topliss-reactive ketones (excluding diaryl/α,β-unsaturated/α-hetero) is 1. The van der Waals surface area contributed by atoms with Gasteiger partial charge >= 0.3 is 0 Å². The van der Waals surface area contributed by atoms with E-state index in [1.807, 2.05) is 0 Å². The highest BCUT2D eigenvalue weighted by molar-refractivity contribution is 5.82. The fraction of sp³-hybridized carbons (Fsp3) is 0.750. The smallest absolute Gasteiger partial charge is 0.136 e. The summed E-state index contributed by atoms with van der Waals surface area (Å²) < 4.78 is 0. The molecule has 0 heterocycles. The molecule has 2 aliphatic carbocycles. The average Bonchev–Trinajstić information content (AvgIpc) is 2.71. The lowest BCUT2D eigenvalue weighted by atomic mass is 9.75. The Bertz CT molecular complexity index is 466. The van der Waals surface area contributed by atoms with Gasteiger partial charge in [0, 0.05) is 12.3 Å². The predicted octanol–water partition coefficient (Wildman–Crippen LogP) is 5.85. The first-order chi connectivity index (χ1) is 9.83. The fourth-order valence-corrected chi connectivity index (χ4v) is 4.09. The normalized spacial score (nSPS) is 34.5. The van der Waals surface area contributed by atoms with Crippen LogP contribution in [-0.4, -0.2) is 5.78 Å². The van der Waals surface area contributed by atoms with Crippen LogP contribution in [0.2, 0.25) is 0 Å². The van der Waals surface area contributed by atoms with Gasteiger partial charge in [0.1, 0.15) is 5.78 Å². The Labute approximate surface area is 130 Å². The molecule has 0 aromatic rings. The first-order valence-electron chi connectivity index (χ1n) is 8.74. The van der Waals surface area contributed by atoms with Crippen LogP contribution in [0.25, 0.3) is 0 Å². The van der Waals surface area contributed by atoms with Gasteiger partial charge in [-0.1, -0.05) is 50.5 Å². The minimum atomic E-state index is 0.117. The molecule has 0 radical (unpaired) electrons. The maximum atomic E-state index is 12.6. The molecule has 0 fully saturated rings. The van der Waals surface area contributed by atoms with Gasteiger partial charge in [0.15, 0.2) is 0 Å². The Hall–Kier alpha value is -0.850. The number of hydrogen-bond donors (Lipinski definition) is 0. The lowest BCUT2D eigenvalue weighted by Gasteiger charge is -2.29. The molecular formula is C20H32O. The Kier molecular flexibility index (Phi) is 5.11. The highest BCUT2D eigenvalue weighted by Gasteiger charge is 2.39. The van der Waals surface area contributed by atoms with Gasteiger partial charge in [-0.15, -0.1) is 0 Å². The number of carbonyl (C=O) groups excluding carboxylic acids is 1. The number of allylic oxidation sites excluding steroid dienone is 4. The number of carbonyl (C=O) groups is 1. The molecule has 1 heteroatoms. The SMILES string of the molecule is C/C1=C\CC2=C(C(C)C)CC[C@@]2(C)CC(=O)[C@H](C)CCC1. The zero-order valence-corrected chi connectivity index (χ0v) is 14.6. The number of hydrogen-bond acceptors (Lipinski definition) is 1. The van der Waals surface area contributed by atoms with E-state index in [9.17, 15) is 4.79 Å². The monoisotopic (exact) mass is 288 g/mol. The van der Waals surface area contributed by atoms with Gasteiger partial charge in [0.2, 0.25) is 0 Å². The van der Waals surface area contributed by atoms with Crippen molar-refractivity contribution in [2.45, 2.75) is 79.6 Å². The summed E-state index contributed by atoms with van der Waals surface area (Å²) in [7, 11) is 0. The van der Waals surface area contributed by atoms with Crippen LogP contribution in [0.15, 0.2) is 22.8 Å². The number of ketones is 1. The fourth-order valence-electron chi connectivity index (χ4n) is 4.09. The topological polar surface area (TPSA) is 17.1 Å². The summed E-state index contributed by atoms with van der Waals surface area (Å²) in [4.78, 5) is 12.6. The molecule has 0 spiro atoms. The van der Waals surface area contributed by atoms with Crippen molar-refractivity contribution in [2.75, 3.05) is 0 Å². The van der Waals surface area contributed by atoms with Crippen LogP contribution in [0.1, 0.15) is 79.6 Å². The maximum absolute atomic E-state index is 12.6. The second kappa shape index (κ2) is 6.50. The van der Waals surface area contributed by atoms with E-state index in [-0.39, 0.29) is 11.3 Å². The molecule has 21 heavy (non-hydrogen) atoms. The minimum Gasteiger partial charge on any atom is -0.299 e. The van der Waals surface area contributed by atoms with Gasteiger partial charge in [-0.25, -0.2) is 0 Å². The average molecular weight is 288 g/mol. The molecule has 0 unspecified atom stereocenters. The van der Waals surface area contributed by atoms with Gasteiger partial charge < -0.3 is 0 Å². The van der Waals surface area contributed by atoms with E-state index in [4.69, 9.17) is 0 Å². The first kappa shape index (κ1) is 16.5. The highest BCUT2D eigenvalue weighted by Crippen LogP contribution is 2.50. The summed E-state index contributed by atoms with van der Waals surface area (Å²) in [5.41, 5.74) is 4.83. The van der Waals surface area contributed by atoms with Crippen LogP contribution in [0.5, 0.6) is 0 Å². The second-order valence-corrected chi connectivity index (χ2v) is 7.91. The van der Waals surface area contributed by atoms with E-state index in [1.54, 1.807) is 11.1 Å². The third-order valence-corrected chi connectivity index (χ3v) is 5.74. The maximum Gasteiger partial charge on any atom is 0.136 e. The van der Waals surface area contributed by atoms with Crippen molar-refractivity contribution in [2.24, 2.45) is 17.3 Å². The van der Waals surface area contributed by atoms with E-state index < -0.39 is 0 Å². The summed E-state index contributed by atoms with van der Waals surface area (Å²) in [6.07, 6.45) is 9.97. The molecule has 2 atom stereocenters. The summed E-state index contributed by atoms with van der Waals surface area (Å²) >= 11 is 0. The first-order valence-corrected chi connectivity index (χ1v) is 8.74. The highest BCUT2D eigenvalue weighted by atomic mass is 16.1. The van der Waals surface area contributed by atoms with Crippen LogP contribution in [-0.2, 0) is 4.79 Å². The van der Waals surface area contributed by atoms with Crippen molar-refractivity contribution in [3.63, 3.8) is 0 Å². The molecule has 0 bridgehead atoms. The van der Waals surface area contributed by atoms with Crippen molar-refractivity contribution >= 4 is 5.78 Å². The summed E-state index contributed by atoms with van der Waals surface area (Å²) in [5, 5.41) is 0. The summed E-state index contributed by atoms with van der Waals surface area (Å²) in [6, 6.07) is 0. The van der Waals surface area contributed by atoms with Crippen molar-refractivity contribution in [3.05, 3.63) is 22.8 Å². The largest absolute Gasteiger partial charge is 0.299 e. The predicted molar refractivity (Wildman–Crippen MR) is 90.2 cm³/mol. The Balaban J connectivity index is 2.38. The molecule has 0 aromatic carbocycles. The van der Waals surface area contributed by atoms with E-state index >= 15 is 0 Å². The molecule has 0 saturated carbocycles. The second-order valence-electron chi connectivity index (χ2n) is 7.91. The molecule has 2 rings (SSSR count). The summed E-state index contributed by atoms with van der Waals surface area (Å²) in [6.45, 7) is 11.3. The van der Waals surface area contributed by atoms with Crippen molar-refractivity contribution in [3.8, 4) is 0 Å². The quantitative estimate of drug-likeness (QED) is 0.553. The van der Waals surface area contributed by atoms with Crippen molar-refractivity contribution < 1.29 is 4.79 Å². The van der Waals surface area contributed by atoms with Gasteiger partial charge in [0.25, 0.3) is 0 Å². The Morgan fingerprint density at radius 1 is 1.29 bits per heavy atom. The Morgan fingerprint density at radius 2 is 2.00 bits per heavy atom.